The van der Waals surface area contributed by atoms with Gasteiger partial charge in [0.1, 0.15) is 6.10 Å². The summed E-state index contributed by atoms with van der Waals surface area (Å²) in [5.74, 6) is 0. The van der Waals surface area contributed by atoms with E-state index in [1.165, 1.54) is 0 Å². The first kappa shape index (κ1) is 15.4. The summed E-state index contributed by atoms with van der Waals surface area (Å²) in [5, 5.41) is 12.2. The maximum atomic E-state index is 10.6. The number of H-pyrrole nitrogens is 1. The maximum absolute atomic E-state index is 10.6. The van der Waals surface area contributed by atoms with Gasteiger partial charge in [-0.3, -0.25) is 0 Å². The molecule has 0 radical (unpaired) electrons. The molecule has 112 valence electrons. The number of hydrogen-bond donors (Lipinski definition) is 2. The Kier molecular flexibility index (Phi) is 4.46. The zero-order chi connectivity index (χ0) is 15.7. The lowest BCUT2D eigenvalue weighted by molar-refractivity contribution is 0.221. The minimum absolute atomic E-state index is 0.418. The molecule has 3 aromatic rings. The third-order valence-electron chi connectivity index (χ3n) is 3.49. The number of halogens is 3. The molecule has 1 heterocycles. The Balaban J connectivity index is 2.00. The maximum Gasteiger partial charge on any atom is 0.106 e. The van der Waals surface area contributed by atoms with Crippen LogP contribution < -0.4 is 0 Å². The summed E-state index contributed by atoms with van der Waals surface area (Å²) in [6.07, 6.45) is 2.82. The minimum Gasteiger partial charge on any atom is -0.384 e. The van der Waals surface area contributed by atoms with Crippen LogP contribution in [0.25, 0.3) is 11.1 Å². The van der Waals surface area contributed by atoms with E-state index >= 15 is 0 Å². The number of nitrogens with one attached hydrogen (secondary N) is 1. The molecule has 1 atom stereocenters. The highest BCUT2D eigenvalue weighted by Gasteiger charge is 2.17. The lowest BCUT2D eigenvalue weighted by atomic mass is 9.97. The monoisotopic (exact) mass is 351 g/mol. The fourth-order valence-electron chi connectivity index (χ4n) is 2.34. The average Bonchev–Trinajstić information content (AvgIpc) is 2.99. The highest BCUT2D eigenvalue weighted by atomic mass is 35.5. The summed E-state index contributed by atoms with van der Waals surface area (Å²) in [6.45, 7) is 0. The Morgan fingerprint density at radius 2 is 1.59 bits per heavy atom. The van der Waals surface area contributed by atoms with Gasteiger partial charge in [0.15, 0.2) is 0 Å². The number of aliphatic hydroxyl groups is 1. The highest BCUT2D eigenvalue weighted by Crippen LogP contribution is 2.34. The van der Waals surface area contributed by atoms with Gasteiger partial charge in [-0.2, -0.15) is 0 Å². The molecule has 0 aliphatic carbocycles. The third-order valence-corrected chi connectivity index (χ3v) is 4.48. The molecular weight excluding hydrogens is 341 g/mol. The van der Waals surface area contributed by atoms with Gasteiger partial charge in [-0.15, -0.1) is 0 Å². The molecule has 1 unspecified atom stereocenters. The summed E-state index contributed by atoms with van der Waals surface area (Å²) >= 11 is 17.9. The van der Waals surface area contributed by atoms with Crippen molar-refractivity contribution in [2.45, 2.75) is 6.10 Å². The lowest BCUT2D eigenvalue weighted by Gasteiger charge is -2.13. The molecule has 2 aromatic carbocycles. The molecule has 0 amide bonds. The Labute approximate surface area is 143 Å². The minimum atomic E-state index is -0.799. The number of aromatic amines is 1. The van der Waals surface area contributed by atoms with Crippen molar-refractivity contribution in [2.75, 3.05) is 0 Å². The van der Waals surface area contributed by atoms with Crippen LogP contribution in [0.2, 0.25) is 15.1 Å². The topological polar surface area (TPSA) is 36.0 Å². The summed E-state index contributed by atoms with van der Waals surface area (Å²) in [6, 6.07) is 12.6. The smallest absolute Gasteiger partial charge is 0.106 e. The lowest BCUT2D eigenvalue weighted by Crippen LogP contribution is -2.00. The van der Waals surface area contributed by atoms with Gasteiger partial charge in [-0.05, 0) is 35.4 Å². The molecule has 0 saturated heterocycles. The number of aliphatic hydroxyl groups excluding tert-OH is 1. The zero-order valence-electron chi connectivity index (χ0n) is 11.4. The summed E-state index contributed by atoms with van der Waals surface area (Å²) in [5.41, 5.74) is 3.33. The van der Waals surface area contributed by atoms with Gasteiger partial charge >= 0.3 is 0 Å². The van der Waals surface area contributed by atoms with E-state index in [0.717, 1.165) is 16.7 Å². The van der Waals surface area contributed by atoms with Crippen LogP contribution in [0.15, 0.2) is 54.9 Å². The van der Waals surface area contributed by atoms with Crippen LogP contribution in [-0.2, 0) is 0 Å². The van der Waals surface area contributed by atoms with Crippen molar-refractivity contribution < 1.29 is 5.11 Å². The number of rotatable bonds is 3. The third kappa shape index (κ3) is 3.01. The molecule has 2 nitrogen and oxygen atoms in total. The van der Waals surface area contributed by atoms with Crippen LogP contribution in [0.4, 0.5) is 0 Å². The SMILES string of the molecule is OC(c1ccc(Cl)c(Cl)c1)c1c[nH]cc1-c1ccc(Cl)cc1. The van der Waals surface area contributed by atoms with Crippen LogP contribution in [0.1, 0.15) is 17.2 Å². The fraction of sp³-hybridized carbons (Fsp3) is 0.0588. The van der Waals surface area contributed by atoms with E-state index in [0.29, 0.717) is 20.6 Å². The Bertz CT molecular complexity index is 796. The Morgan fingerprint density at radius 1 is 0.864 bits per heavy atom. The van der Waals surface area contributed by atoms with Crippen LogP contribution >= 0.6 is 34.8 Å². The van der Waals surface area contributed by atoms with Crippen LogP contribution in [0.3, 0.4) is 0 Å². The predicted molar refractivity (Wildman–Crippen MR) is 91.8 cm³/mol. The molecule has 3 rings (SSSR count). The fourth-order valence-corrected chi connectivity index (χ4v) is 2.78. The second-order valence-electron chi connectivity index (χ2n) is 4.91. The Hall–Kier alpha value is -1.45. The van der Waals surface area contributed by atoms with E-state index in [4.69, 9.17) is 34.8 Å². The molecule has 1 aromatic heterocycles. The standard InChI is InChI=1S/C17H12Cl3NO/c18-12-4-1-10(2-5-12)13-8-21-9-14(13)17(22)11-3-6-15(19)16(20)7-11/h1-9,17,21-22H. The van der Waals surface area contributed by atoms with E-state index in [-0.39, 0.29) is 0 Å². The van der Waals surface area contributed by atoms with Crippen LogP contribution in [0.5, 0.6) is 0 Å². The van der Waals surface area contributed by atoms with Crippen molar-refractivity contribution in [3.8, 4) is 11.1 Å². The molecule has 22 heavy (non-hydrogen) atoms. The first-order valence-electron chi connectivity index (χ1n) is 6.62. The van der Waals surface area contributed by atoms with Crippen molar-refractivity contribution in [1.29, 1.82) is 0 Å². The molecule has 0 saturated carbocycles. The van der Waals surface area contributed by atoms with E-state index in [2.05, 4.69) is 4.98 Å². The zero-order valence-corrected chi connectivity index (χ0v) is 13.6. The molecule has 5 heteroatoms. The van der Waals surface area contributed by atoms with Gasteiger partial charge in [0.05, 0.1) is 10.0 Å². The first-order valence-corrected chi connectivity index (χ1v) is 7.75. The quantitative estimate of drug-likeness (QED) is 0.621. The van der Waals surface area contributed by atoms with Crippen LogP contribution in [0, 0.1) is 0 Å². The van der Waals surface area contributed by atoms with E-state index in [1.54, 1.807) is 24.4 Å². The van der Waals surface area contributed by atoms with Crippen molar-refractivity contribution in [3.05, 3.63) is 81.1 Å². The van der Waals surface area contributed by atoms with Gasteiger partial charge in [0, 0.05) is 28.5 Å². The molecular formula is C17H12Cl3NO. The molecule has 0 spiro atoms. The molecule has 0 fully saturated rings. The average molecular weight is 353 g/mol. The highest BCUT2D eigenvalue weighted by molar-refractivity contribution is 6.42. The summed E-state index contributed by atoms with van der Waals surface area (Å²) in [4.78, 5) is 3.04. The molecule has 2 N–H and O–H groups in total. The second-order valence-corrected chi connectivity index (χ2v) is 6.16. The summed E-state index contributed by atoms with van der Waals surface area (Å²) < 4.78 is 0. The predicted octanol–water partition coefficient (Wildman–Crippen LogP) is 5.72. The van der Waals surface area contributed by atoms with Gasteiger partial charge < -0.3 is 10.1 Å². The van der Waals surface area contributed by atoms with Gasteiger partial charge in [0.25, 0.3) is 0 Å². The van der Waals surface area contributed by atoms with Crippen molar-refractivity contribution in [2.24, 2.45) is 0 Å². The van der Waals surface area contributed by atoms with Gasteiger partial charge in [0.2, 0.25) is 0 Å². The molecule has 0 aliphatic heterocycles. The van der Waals surface area contributed by atoms with Crippen molar-refractivity contribution in [1.82, 2.24) is 4.98 Å². The van der Waals surface area contributed by atoms with E-state index in [9.17, 15) is 5.11 Å². The second kappa shape index (κ2) is 6.35. The number of hydrogen-bond acceptors (Lipinski definition) is 1. The normalized spacial score (nSPS) is 12.4. The van der Waals surface area contributed by atoms with Crippen LogP contribution in [-0.4, -0.2) is 10.1 Å². The molecule has 0 aliphatic rings. The Morgan fingerprint density at radius 3 is 2.27 bits per heavy atom. The van der Waals surface area contributed by atoms with Crippen molar-refractivity contribution >= 4 is 34.8 Å². The number of aromatic nitrogens is 1. The number of benzene rings is 2. The largest absolute Gasteiger partial charge is 0.384 e. The van der Waals surface area contributed by atoms with Gasteiger partial charge in [-0.1, -0.05) is 53.0 Å². The van der Waals surface area contributed by atoms with Gasteiger partial charge in [-0.25, -0.2) is 0 Å². The summed E-state index contributed by atoms with van der Waals surface area (Å²) in [7, 11) is 0. The van der Waals surface area contributed by atoms with E-state index in [1.807, 2.05) is 30.5 Å². The first-order chi connectivity index (χ1) is 10.6. The molecule has 0 bridgehead atoms. The van der Waals surface area contributed by atoms with E-state index < -0.39 is 6.10 Å². The van der Waals surface area contributed by atoms with Crippen molar-refractivity contribution in [3.63, 3.8) is 0 Å².